The molecule has 0 fully saturated rings. The lowest BCUT2D eigenvalue weighted by Crippen LogP contribution is -2.10. The molecule has 3 rings (SSSR count). The quantitative estimate of drug-likeness (QED) is 0.0425. The lowest BCUT2D eigenvalue weighted by Gasteiger charge is -2.17. The van der Waals surface area contributed by atoms with E-state index in [4.69, 9.17) is 18.9 Å². The van der Waals surface area contributed by atoms with Crippen LogP contribution in [0.2, 0.25) is 0 Å². The third-order valence-corrected chi connectivity index (χ3v) is 12.2. The lowest BCUT2D eigenvalue weighted by atomic mass is 9.94. The molecule has 0 amide bonds. The second-order valence-corrected chi connectivity index (χ2v) is 18.1. The fraction of sp³-hybridized carbons (Fsp3) is 0.621. The standard InChI is InChI=1S/C58H90O4/c1-7-11-15-19-23-55-35-33-53(47-56(55)24-20-16-12-8-2)31-29-51-25-27-52(28-26-51)30-32-54-34-36-57(61-45-39-49(5)37-43-59-41-21-17-13-9-3)58(48-54)62-46-40-50(6)38-44-60-42-22-18-14-10-4/h25-36,47-50H,7-24,37-46H2,1-6H3. The second kappa shape index (κ2) is 35.1. The Morgan fingerprint density at radius 2 is 0.774 bits per heavy atom. The van der Waals surface area contributed by atoms with Gasteiger partial charge in [0.1, 0.15) is 0 Å². The van der Waals surface area contributed by atoms with Crippen molar-refractivity contribution in [1.29, 1.82) is 0 Å². The highest BCUT2D eigenvalue weighted by molar-refractivity contribution is 5.74. The van der Waals surface area contributed by atoms with Crippen LogP contribution in [0.5, 0.6) is 11.5 Å². The molecule has 0 heterocycles. The number of unbranched alkanes of at least 4 members (excludes halogenated alkanes) is 12. The Bertz CT molecular complexity index is 1590. The minimum absolute atomic E-state index is 0.536. The molecule has 0 N–H and O–H groups in total. The molecule has 346 valence electrons. The maximum atomic E-state index is 6.47. The van der Waals surface area contributed by atoms with Crippen LogP contribution in [0.3, 0.4) is 0 Å². The first-order valence-corrected chi connectivity index (χ1v) is 25.6. The smallest absolute Gasteiger partial charge is 0.161 e. The molecule has 0 aliphatic carbocycles. The summed E-state index contributed by atoms with van der Waals surface area (Å²) in [5.74, 6) is 2.73. The minimum atomic E-state index is 0.536. The van der Waals surface area contributed by atoms with Crippen molar-refractivity contribution in [2.24, 2.45) is 11.8 Å². The monoisotopic (exact) mass is 851 g/mol. The molecular weight excluding hydrogens is 761 g/mol. The van der Waals surface area contributed by atoms with Gasteiger partial charge in [0.05, 0.1) is 13.2 Å². The maximum absolute atomic E-state index is 6.47. The van der Waals surface area contributed by atoms with Crippen LogP contribution in [0.1, 0.15) is 203 Å². The van der Waals surface area contributed by atoms with Crippen LogP contribution in [0.4, 0.5) is 0 Å². The molecule has 0 radical (unpaired) electrons. The van der Waals surface area contributed by atoms with Crippen molar-refractivity contribution in [1.82, 2.24) is 0 Å². The summed E-state index contributed by atoms with van der Waals surface area (Å²) in [5, 5.41) is 0. The average Bonchev–Trinajstić information content (AvgIpc) is 3.28. The molecule has 0 saturated carbocycles. The van der Waals surface area contributed by atoms with E-state index in [0.29, 0.717) is 25.0 Å². The van der Waals surface area contributed by atoms with E-state index in [2.05, 4.69) is 127 Å². The SMILES string of the molecule is CCCCCCOCCC(C)CCOc1ccc(C=Cc2ccc(C=Cc3ccc(CCCCCC)c(CCCCCC)c3)cc2)cc1OCCC(C)CCOCCCCCC. The molecule has 0 aromatic heterocycles. The van der Waals surface area contributed by atoms with Gasteiger partial charge in [0.15, 0.2) is 11.5 Å². The van der Waals surface area contributed by atoms with E-state index < -0.39 is 0 Å². The molecule has 3 aromatic carbocycles. The van der Waals surface area contributed by atoms with E-state index in [1.165, 1.54) is 132 Å². The summed E-state index contributed by atoms with van der Waals surface area (Å²) >= 11 is 0. The molecule has 0 saturated heterocycles. The van der Waals surface area contributed by atoms with Crippen LogP contribution in [0, 0.1) is 11.8 Å². The van der Waals surface area contributed by atoms with Crippen molar-refractivity contribution in [3.8, 4) is 11.5 Å². The van der Waals surface area contributed by atoms with Crippen LogP contribution >= 0.6 is 0 Å². The number of hydrogen-bond donors (Lipinski definition) is 0. The average molecular weight is 851 g/mol. The summed E-state index contributed by atoms with van der Waals surface area (Å²) in [6.07, 6.45) is 35.9. The van der Waals surface area contributed by atoms with Crippen molar-refractivity contribution in [3.63, 3.8) is 0 Å². The van der Waals surface area contributed by atoms with Crippen molar-refractivity contribution < 1.29 is 18.9 Å². The molecular formula is C58H90O4. The summed E-state index contributed by atoms with van der Waals surface area (Å²) in [6, 6.07) is 22.4. The normalized spacial score (nSPS) is 12.7. The largest absolute Gasteiger partial charge is 0.490 e. The maximum Gasteiger partial charge on any atom is 0.161 e. The van der Waals surface area contributed by atoms with Crippen molar-refractivity contribution in [3.05, 3.63) is 94.0 Å². The van der Waals surface area contributed by atoms with Gasteiger partial charge in [0, 0.05) is 26.4 Å². The van der Waals surface area contributed by atoms with Gasteiger partial charge in [-0.1, -0.05) is 191 Å². The zero-order valence-electron chi connectivity index (χ0n) is 40.7. The molecule has 3 aromatic rings. The molecule has 0 aliphatic rings. The summed E-state index contributed by atoms with van der Waals surface area (Å²) in [6.45, 7) is 18.4. The Morgan fingerprint density at radius 1 is 0.371 bits per heavy atom. The van der Waals surface area contributed by atoms with E-state index in [-0.39, 0.29) is 0 Å². The summed E-state index contributed by atoms with van der Waals surface area (Å²) in [5.41, 5.74) is 7.89. The molecule has 2 unspecified atom stereocenters. The second-order valence-electron chi connectivity index (χ2n) is 18.1. The Morgan fingerprint density at radius 3 is 1.29 bits per heavy atom. The van der Waals surface area contributed by atoms with Crippen LogP contribution < -0.4 is 9.47 Å². The fourth-order valence-corrected chi connectivity index (χ4v) is 7.74. The Labute approximate surface area is 381 Å². The van der Waals surface area contributed by atoms with Crippen LogP contribution in [0.25, 0.3) is 24.3 Å². The molecule has 4 heteroatoms. The van der Waals surface area contributed by atoms with Crippen molar-refractivity contribution in [2.45, 2.75) is 183 Å². The Hall–Kier alpha value is -3.34. The van der Waals surface area contributed by atoms with Gasteiger partial charge >= 0.3 is 0 Å². The summed E-state index contributed by atoms with van der Waals surface area (Å²) < 4.78 is 24.7. The summed E-state index contributed by atoms with van der Waals surface area (Å²) in [7, 11) is 0. The first kappa shape index (κ1) is 53.0. The third-order valence-electron chi connectivity index (χ3n) is 12.2. The summed E-state index contributed by atoms with van der Waals surface area (Å²) in [4.78, 5) is 0. The van der Waals surface area contributed by atoms with E-state index in [1.807, 2.05) is 0 Å². The third kappa shape index (κ3) is 24.5. The van der Waals surface area contributed by atoms with Gasteiger partial charge in [-0.2, -0.15) is 0 Å². The van der Waals surface area contributed by atoms with Gasteiger partial charge in [-0.15, -0.1) is 0 Å². The number of ether oxygens (including phenoxy) is 4. The number of aryl methyl sites for hydroxylation is 2. The molecule has 2 atom stereocenters. The first-order chi connectivity index (χ1) is 30.4. The van der Waals surface area contributed by atoms with Gasteiger partial charge in [-0.3, -0.25) is 0 Å². The molecule has 62 heavy (non-hydrogen) atoms. The fourth-order valence-electron chi connectivity index (χ4n) is 7.74. The first-order valence-electron chi connectivity index (χ1n) is 25.6. The highest BCUT2D eigenvalue weighted by Gasteiger charge is 2.11. The molecule has 0 spiro atoms. The highest BCUT2D eigenvalue weighted by atomic mass is 16.5. The van der Waals surface area contributed by atoms with Gasteiger partial charge in [0.2, 0.25) is 0 Å². The topological polar surface area (TPSA) is 36.9 Å². The van der Waals surface area contributed by atoms with Crippen LogP contribution in [0.15, 0.2) is 60.7 Å². The predicted octanol–water partition coefficient (Wildman–Crippen LogP) is 17.1. The number of hydrogen-bond acceptors (Lipinski definition) is 4. The highest BCUT2D eigenvalue weighted by Crippen LogP contribution is 2.31. The molecule has 0 bridgehead atoms. The van der Waals surface area contributed by atoms with Gasteiger partial charge in [-0.05, 0) is 122 Å². The molecule has 4 nitrogen and oxygen atoms in total. The zero-order chi connectivity index (χ0) is 44.3. The molecule has 0 aliphatic heterocycles. The van der Waals surface area contributed by atoms with Gasteiger partial charge in [-0.25, -0.2) is 0 Å². The number of rotatable bonds is 38. The lowest BCUT2D eigenvalue weighted by molar-refractivity contribution is 0.113. The Balaban J connectivity index is 1.60. The van der Waals surface area contributed by atoms with Gasteiger partial charge < -0.3 is 18.9 Å². The van der Waals surface area contributed by atoms with E-state index in [1.54, 1.807) is 11.1 Å². The predicted molar refractivity (Wildman–Crippen MR) is 271 cm³/mol. The Kier molecular flexibility index (Phi) is 30.0. The minimum Gasteiger partial charge on any atom is -0.490 e. The van der Waals surface area contributed by atoms with E-state index >= 15 is 0 Å². The van der Waals surface area contributed by atoms with E-state index in [0.717, 1.165) is 69.2 Å². The van der Waals surface area contributed by atoms with E-state index in [9.17, 15) is 0 Å². The van der Waals surface area contributed by atoms with Crippen LogP contribution in [-0.4, -0.2) is 39.6 Å². The van der Waals surface area contributed by atoms with Crippen molar-refractivity contribution in [2.75, 3.05) is 39.6 Å². The zero-order valence-corrected chi connectivity index (χ0v) is 40.7. The van der Waals surface area contributed by atoms with Crippen LogP contribution in [-0.2, 0) is 22.3 Å². The number of benzene rings is 3. The van der Waals surface area contributed by atoms with Crippen molar-refractivity contribution >= 4 is 24.3 Å². The van der Waals surface area contributed by atoms with Gasteiger partial charge in [0.25, 0.3) is 0 Å².